The summed E-state index contributed by atoms with van der Waals surface area (Å²) in [7, 11) is 0. The number of amides is 2. The van der Waals surface area contributed by atoms with Gasteiger partial charge in [0, 0.05) is 39.1 Å². The molecular weight excluding hydrogens is 351 g/mol. The molecule has 0 saturated carbocycles. The first-order valence-electron chi connectivity index (χ1n) is 8.49. The highest BCUT2D eigenvalue weighted by Crippen LogP contribution is 2.29. The molecule has 1 unspecified atom stereocenters. The van der Waals surface area contributed by atoms with Crippen LogP contribution in [0, 0.1) is 23.4 Å². The van der Waals surface area contributed by atoms with E-state index in [1.807, 2.05) is 0 Å². The topological polar surface area (TPSA) is 61.9 Å². The molecule has 1 atom stereocenters. The maximum atomic E-state index is 13.9. The van der Waals surface area contributed by atoms with Crippen molar-refractivity contribution in [3.05, 3.63) is 29.6 Å². The fraction of sp³-hybridized carbons (Fsp3) is 0.529. The first-order valence-corrected chi connectivity index (χ1v) is 8.49. The van der Waals surface area contributed by atoms with Gasteiger partial charge in [-0.15, -0.1) is 0 Å². The fourth-order valence-corrected chi connectivity index (χ4v) is 3.15. The van der Waals surface area contributed by atoms with Gasteiger partial charge >= 0.3 is 0 Å². The van der Waals surface area contributed by atoms with Crippen LogP contribution in [0.1, 0.15) is 6.42 Å². The average Bonchev–Trinajstić information content (AvgIpc) is 3.02. The SMILES string of the molecule is O=C(NCCN1CCOCC1)C1CC(=O)N(c2ccc(F)c(F)c2F)C1. The number of rotatable bonds is 5. The summed E-state index contributed by atoms with van der Waals surface area (Å²) in [4.78, 5) is 27.5. The molecule has 0 spiro atoms. The van der Waals surface area contributed by atoms with Crippen LogP contribution in [0.5, 0.6) is 0 Å². The van der Waals surface area contributed by atoms with Crippen LogP contribution in [0.25, 0.3) is 0 Å². The summed E-state index contributed by atoms with van der Waals surface area (Å²) in [5.74, 6) is -5.84. The molecule has 0 aromatic heterocycles. The molecule has 9 heteroatoms. The van der Waals surface area contributed by atoms with E-state index in [1.165, 1.54) is 0 Å². The predicted molar refractivity (Wildman–Crippen MR) is 87.0 cm³/mol. The lowest BCUT2D eigenvalue weighted by molar-refractivity contribution is -0.126. The van der Waals surface area contributed by atoms with Crippen molar-refractivity contribution in [3.63, 3.8) is 0 Å². The Labute approximate surface area is 148 Å². The predicted octanol–water partition coefficient (Wildman–Crippen LogP) is 0.905. The molecule has 2 saturated heterocycles. The van der Waals surface area contributed by atoms with Crippen LogP contribution in [0.15, 0.2) is 12.1 Å². The van der Waals surface area contributed by atoms with Gasteiger partial charge in [-0.25, -0.2) is 13.2 Å². The third kappa shape index (κ3) is 3.99. The zero-order valence-electron chi connectivity index (χ0n) is 14.1. The van der Waals surface area contributed by atoms with Gasteiger partial charge in [-0.05, 0) is 12.1 Å². The smallest absolute Gasteiger partial charge is 0.227 e. The van der Waals surface area contributed by atoms with Crippen molar-refractivity contribution in [3.8, 4) is 0 Å². The molecule has 1 aromatic carbocycles. The number of hydrogen-bond donors (Lipinski definition) is 1. The molecule has 0 bridgehead atoms. The molecule has 2 aliphatic heterocycles. The van der Waals surface area contributed by atoms with E-state index in [0.29, 0.717) is 26.3 Å². The van der Waals surface area contributed by atoms with E-state index >= 15 is 0 Å². The van der Waals surface area contributed by atoms with Crippen LogP contribution in [0.4, 0.5) is 18.9 Å². The Kier molecular flexibility index (Phi) is 5.77. The molecule has 26 heavy (non-hydrogen) atoms. The van der Waals surface area contributed by atoms with Crippen molar-refractivity contribution < 1.29 is 27.5 Å². The summed E-state index contributed by atoms with van der Waals surface area (Å²) >= 11 is 0. The minimum absolute atomic E-state index is 0.0653. The monoisotopic (exact) mass is 371 g/mol. The minimum Gasteiger partial charge on any atom is -0.379 e. The Morgan fingerprint density at radius 1 is 1.19 bits per heavy atom. The summed E-state index contributed by atoms with van der Waals surface area (Å²) in [6.07, 6.45) is -0.0954. The Bertz CT molecular complexity index is 695. The number of hydrogen-bond acceptors (Lipinski definition) is 4. The van der Waals surface area contributed by atoms with Crippen LogP contribution in [0.3, 0.4) is 0 Å². The quantitative estimate of drug-likeness (QED) is 0.782. The van der Waals surface area contributed by atoms with Crippen molar-refractivity contribution in [1.82, 2.24) is 10.2 Å². The number of benzene rings is 1. The third-order valence-electron chi connectivity index (χ3n) is 4.63. The first-order chi connectivity index (χ1) is 12.5. The lowest BCUT2D eigenvalue weighted by atomic mass is 10.1. The molecule has 1 aromatic rings. The zero-order chi connectivity index (χ0) is 18.7. The van der Waals surface area contributed by atoms with E-state index in [4.69, 9.17) is 4.74 Å². The summed E-state index contributed by atoms with van der Waals surface area (Å²) in [6.45, 7) is 3.99. The Hall–Kier alpha value is -2.13. The summed E-state index contributed by atoms with van der Waals surface area (Å²) in [5.41, 5.74) is -0.350. The van der Waals surface area contributed by atoms with Crippen molar-refractivity contribution in [2.24, 2.45) is 5.92 Å². The second-order valence-corrected chi connectivity index (χ2v) is 6.34. The van der Waals surface area contributed by atoms with E-state index in [1.54, 1.807) is 0 Å². The molecule has 2 heterocycles. The van der Waals surface area contributed by atoms with E-state index < -0.39 is 29.3 Å². The number of carbonyl (C=O) groups is 2. The zero-order valence-corrected chi connectivity index (χ0v) is 14.1. The summed E-state index contributed by atoms with van der Waals surface area (Å²) < 4.78 is 45.6. The number of ether oxygens (including phenoxy) is 1. The molecule has 1 N–H and O–H groups in total. The Balaban J connectivity index is 1.55. The largest absolute Gasteiger partial charge is 0.379 e. The lowest BCUT2D eigenvalue weighted by Crippen LogP contribution is -2.42. The van der Waals surface area contributed by atoms with Gasteiger partial charge in [0.15, 0.2) is 17.5 Å². The van der Waals surface area contributed by atoms with Gasteiger partial charge in [-0.1, -0.05) is 0 Å². The van der Waals surface area contributed by atoms with Crippen molar-refractivity contribution in [2.75, 3.05) is 50.8 Å². The van der Waals surface area contributed by atoms with Crippen LogP contribution in [-0.4, -0.2) is 62.7 Å². The van der Waals surface area contributed by atoms with Gasteiger partial charge in [0.25, 0.3) is 0 Å². The highest BCUT2D eigenvalue weighted by Gasteiger charge is 2.36. The van der Waals surface area contributed by atoms with Crippen molar-refractivity contribution in [2.45, 2.75) is 6.42 Å². The molecule has 6 nitrogen and oxygen atoms in total. The first kappa shape index (κ1) is 18.7. The van der Waals surface area contributed by atoms with Crippen LogP contribution < -0.4 is 10.2 Å². The van der Waals surface area contributed by atoms with E-state index in [-0.39, 0.29) is 24.6 Å². The number of anilines is 1. The van der Waals surface area contributed by atoms with Gasteiger partial charge in [0.1, 0.15) is 0 Å². The van der Waals surface area contributed by atoms with Crippen LogP contribution in [-0.2, 0) is 14.3 Å². The second-order valence-electron chi connectivity index (χ2n) is 6.34. The van der Waals surface area contributed by atoms with Gasteiger partial charge in [-0.3, -0.25) is 14.5 Å². The number of carbonyl (C=O) groups excluding carboxylic acids is 2. The van der Waals surface area contributed by atoms with Crippen LogP contribution in [0.2, 0.25) is 0 Å². The summed E-state index contributed by atoms with van der Waals surface area (Å²) in [6, 6.07) is 1.76. The Morgan fingerprint density at radius 3 is 2.65 bits per heavy atom. The van der Waals surface area contributed by atoms with Gasteiger partial charge in [0.2, 0.25) is 11.8 Å². The van der Waals surface area contributed by atoms with Crippen molar-refractivity contribution >= 4 is 17.5 Å². The normalized spacial score (nSPS) is 21.3. The average molecular weight is 371 g/mol. The Morgan fingerprint density at radius 2 is 1.92 bits per heavy atom. The van der Waals surface area contributed by atoms with Gasteiger partial charge in [0.05, 0.1) is 24.8 Å². The number of nitrogens with one attached hydrogen (secondary N) is 1. The van der Waals surface area contributed by atoms with Gasteiger partial charge in [-0.2, -0.15) is 0 Å². The minimum atomic E-state index is -1.63. The molecule has 0 radical (unpaired) electrons. The van der Waals surface area contributed by atoms with E-state index in [2.05, 4.69) is 10.2 Å². The molecule has 142 valence electrons. The fourth-order valence-electron chi connectivity index (χ4n) is 3.15. The second kappa shape index (κ2) is 8.05. The molecule has 0 aliphatic carbocycles. The number of halogens is 3. The molecule has 3 rings (SSSR count). The molecule has 2 fully saturated rings. The highest BCUT2D eigenvalue weighted by atomic mass is 19.2. The maximum Gasteiger partial charge on any atom is 0.227 e. The van der Waals surface area contributed by atoms with E-state index in [9.17, 15) is 22.8 Å². The summed E-state index contributed by atoms with van der Waals surface area (Å²) in [5, 5.41) is 2.77. The highest BCUT2D eigenvalue weighted by molar-refractivity contribution is 6.00. The van der Waals surface area contributed by atoms with Gasteiger partial charge < -0.3 is 15.0 Å². The number of morpholine rings is 1. The molecular formula is C17H20F3N3O3. The van der Waals surface area contributed by atoms with E-state index in [0.717, 1.165) is 30.1 Å². The maximum absolute atomic E-state index is 13.9. The molecule has 2 aliphatic rings. The van der Waals surface area contributed by atoms with Crippen molar-refractivity contribution in [1.29, 1.82) is 0 Å². The third-order valence-corrected chi connectivity index (χ3v) is 4.63. The molecule has 2 amide bonds. The standard InChI is InChI=1S/C17H20F3N3O3/c18-12-1-2-13(16(20)15(12)19)23-10-11(9-14(23)24)17(25)21-3-4-22-5-7-26-8-6-22/h1-2,11H,3-10H2,(H,21,25). The van der Waals surface area contributed by atoms with Crippen LogP contribution >= 0.6 is 0 Å². The lowest BCUT2D eigenvalue weighted by Gasteiger charge is -2.26. The number of nitrogens with zero attached hydrogens (tertiary/aromatic N) is 2.